The predicted molar refractivity (Wildman–Crippen MR) is 171 cm³/mol. The van der Waals surface area contributed by atoms with Gasteiger partial charge in [0.25, 0.3) is 0 Å². The van der Waals surface area contributed by atoms with Crippen LogP contribution >= 0.6 is 0 Å². The van der Waals surface area contributed by atoms with Gasteiger partial charge in [-0.2, -0.15) is 0 Å². The summed E-state index contributed by atoms with van der Waals surface area (Å²) in [4.78, 5) is 0. The molecule has 0 radical (unpaired) electrons. The quantitative estimate of drug-likeness (QED) is 0.104. The Morgan fingerprint density at radius 2 is 0.762 bits per heavy atom. The highest BCUT2D eigenvalue weighted by Gasteiger charge is 2.62. The molecule has 42 heavy (non-hydrogen) atoms. The first-order valence-corrected chi connectivity index (χ1v) is 18.5. The lowest BCUT2D eigenvalue weighted by Crippen LogP contribution is -2.65. The summed E-state index contributed by atoms with van der Waals surface area (Å²) in [5.74, 6) is -0.511. The minimum Gasteiger partial charge on any atom is -0.373 e. The van der Waals surface area contributed by atoms with E-state index in [0.717, 1.165) is 77.8 Å². The van der Waals surface area contributed by atoms with E-state index in [1.165, 1.54) is 83.5 Å². The van der Waals surface area contributed by atoms with E-state index in [0.29, 0.717) is 0 Å². The minimum atomic E-state index is -0.511. The van der Waals surface area contributed by atoms with Gasteiger partial charge in [0.2, 0.25) is 0 Å². The molecule has 0 N–H and O–H groups in total. The second-order valence-electron chi connectivity index (χ2n) is 13.2. The Kier molecular flexibility index (Phi) is 18.5. The summed E-state index contributed by atoms with van der Waals surface area (Å²) < 4.78 is 41.1. The Balaban J connectivity index is 1.84. The van der Waals surface area contributed by atoms with Crippen LogP contribution in [0, 0.1) is 0 Å². The molecular weight excluding hydrogens is 528 g/mol. The smallest absolute Gasteiger partial charge is 0.169 e. The monoisotopic (exact) mass is 597 g/mol. The predicted octanol–water partition coefficient (Wildman–Crippen LogP) is 9.31. The molecule has 0 aromatic rings. The average molecular weight is 597 g/mol. The van der Waals surface area contributed by atoms with Crippen LogP contribution in [0.3, 0.4) is 0 Å². The van der Waals surface area contributed by atoms with Crippen molar-refractivity contribution in [2.75, 3.05) is 26.4 Å². The fourth-order valence-electron chi connectivity index (χ4n) is 6.99. The highest BCUT2D eigenvalue weighted by Crippen LogP contribution is 2.47. The summed E-state index contributed by atoms with van der Waals surface area (Å²) in [5, 5.41) is 0. The van der Waals surface area contributed by atoms with Crippen molar-refractivity contribution in [2.45, 2.75) is 205 Å². The topological polar surface area (TPSA) is 55.4 Å². The first-order chi connectivity index (χ1) is 20.7. The zero-order valence-corrected chi connectivity index (χ0v) is 28.1. The van der Waals surface area contributed by atoms with Crippen molar-refractivity contribution in [3.8, 4) is 0 Å². The van der Waals surface area contributed by atoms with Crippen molar-refractivity contribution in [1.29, 1.82) is 0 Å². The zero-order valence-electron chi connectivity index (χ0n) is 28.1. The van der Waals surface area contributed by atoms with Gasteiger partial charge in [-0.05, 0) is 38.5 Å². The molecule has 1 heterocycles. The molecule has 3 rings (SSSR count). The summed E-state index contributed by atoms with van der Waals surface area (Å²) in [6, 6.07) is 0. The van der Waals surface area contributed by atoms with Gasteiger partial charge in [-0.15, -0.1) is 0 Å². The van der Waals surface area contributed by atoms with Gasteiger partial charge < -0.3 is 28.4 Å². The van der Waals surface area contributed by atoms with Gasteiger partial charge >= 0.3 is 0 Å². The number of ether oxygens (including phenoxy) is 6. The highest BCUT2D eigenvalue weighted by molar-refractivity contribution is 5.08. The number of fused-ring (bicyclic) bond motifs is 1. The van der Waals surface area contributed by atoms with Crippen LogP contribution in [0.1, 0.15) is 163 Å². The molecule has 1 saturated heterocycles. The molecule has 0 aromatic heterocycles. The van der Waals surface area contributed by atoms with Crippen molar-refractivity contribution < 1.29 is 28.4 Å². The number of rotatable bonds is 24. The largest absolute Gasteiger partial charge is 0.373 e. The molecular formula is C36H68O6. The molecule has 0 bridgehead atoms. The van der Waals surface area contributed by atoms with Gasteiger partial charge in [0, 0.05) is 39.3 Å². The van der Waals surface area contributed by atoms with Crippen molar-refractivity contribution in [3.63, 3.8) is 0 Å². The fourth-order valence-corrected chi connectivity index (χ4v) is 6.99. The Morgan fingerprint density at radius 3 is 1.10 bits per heavy atom. The van der Waals surface area contributed by atoms with E-state index in [-0.39, 0.29) is 36.6 Å². The van der Waals surface area contributed by atoms with Crippen LogP contribution in [0.25, 0.3) is 0 Å². The van der Waals surface area contributed by atoms with Crippen LogP contribution in [-0.4, -0.2) is 68.8 Å². The molecule has 3 fully saturated rings. The Bertz CT molecular complexity index is 605. The summed E-state index contributed by atoms with van der Waals surface area (Å²) in [5.41, 5.74) is 0. The molecule has 0 aromatic carbocycles. The van der Waals surface area contributed by atoms with Gasteiger partial charge in [-0.3, -0.25) is 0 Å². The van der Waals surface area contributed by atoms with E-state index in [1.807, 2.05) is 0 Å². The van der Waals surface area contributed by atoms with Crippen molar-refractivity contribution in [3.05, 3.63) is 0 Å². The summed E-state index contributed by atoms with van der Waals surface area (Å²) in [6.45, 7) is 11.9. The van der Waals surface area contributed by atoms with Crippen LogP contribution in [0.5, 0.6) is 0 Å². The van der Waals surface area contributed by atoms with Crippen LogP contribution in [-0.2, 0) is 28.4 Å². The molecule has 6 nitrogen and oxygen atoms in total. The van der Waals surface area contributed by atoms with Crippen molar-refractivity contribution >= 4 is 0 Å². The maximum atomic E-state index is 6.98. The summed E-state index contributed by atoms with van der Waals surface area (Å²) >= 11 is 0. The standard InChI is InChI=1S/C36H68O6/c1-5-9-13-20-26-37-30-31(38-27-21-14-10-6-2)33(40-29-23-16-12-8-4)35-34(32(30)39-28-22-15-11-7-3)41-36(42-35)24-18-17-19-25-36/h30-35H,5-29H2,1-4H3/t30-,31-,32+,33+,34-,35+/m1/s1. The second kappa shape index (κ2) is 21.5. The molecule has 1 spiro atoms. The Labute approximate surface area is 259 Å². The van der Waals surface area contributed by atoms with E-state index in [9.17, 15) is 0 Å². The zero-order chi connectivity index (χ0) is 29.9. The third-order valence-corrected chi connectivity index (χ3v) is 9.49. The maximum Gasteiger partial charge on any atom is 0.169 e. The molecule has 2 saturated carbocycles. The lowest BCUT2D eigenvalue weighted by molar-refractivity contribution is -0.244. The lowest BCUT2D eigenvalue weighted by atomic mass is 9.84. The van der Waals surface area contributed by atoms with Crippen LogP contribution in [0.15, 0.2) is 0 Å². The fraction of sp³-hybridized carbons (Fsp3) is 1.00. The normalized spacial score (nSPS) is 28.9. The van der Waals surface area contributed by atoms with Crippen LogP contribution in [0.2, 0.25) is 0 Å². The molecule has 6 heteroatoms. The first kappa shape index (κ1) is 36.2. The summed E-state index contributed by atoms with van der Waals surface area (Å²) in [6.07, 6.45) is 23.2. The third kappa shape index (κ3) is 11.6. The molecule has 0 unspecified atom stereocenters. The van der Waals surface area contributed by atoms with Crippen LogP contribution < -0.4 is 0 Å². The second-order valence-corrected chi connectivity index (χ2v) is 13.2. The third-order valence-electron chi connectivity index (χ3n) is 9.49. The number of unbranched alkanes of at least 4 members (excludes halogenated alkanes) is 12. The SMILES string of the molecule is CCCCCCO[C@@H]1[C@@H](OCCCCCC)[C@H](OCCCCCC)[C@@H]2OC3(CCCCC3)O[C@@H]2[C@H]1OCCCCCC. The van der Waals surface area contributed by atoms with Crippen molar-refractivity contribution in [2.24, 2.45) is 0 Å². The first-order valence-electron chi connectivity index (χ1n) is 18.5. The van der Waals surface area contributed by atoms with Gasteiger partial charge in [-0.25, -0.2) is 0 Å². The average Bonchev–Trinajstić information content (AvgIpc) is 3.36. The van der Waals surface area contributed by atoms with E-state index < -0.39 is 5.79 Å². The number of hydrogen-bond donors (Lipinski definition) is 0. The van der Waals surface area contributed by atoms with E-state index >= 15 is 0 Å². The van der Waals surface area contributed by atoms with E-state index in [1.54, 1.807) is 0 Å². The lowest BCUT2D eigenvalue weighted by Gasteiger charge is -2.46. The molecule has 248 valence electrons. The van der Waals surface area contributed by atoms with E-state index in [2.05, 4.69) is 27.7 Å². The van der Waals surface area contributed by atoms with E-state index in [4.69, 9.17) is 28.4 Å². The Morgan fingerprint density at radius 1 is 0.429 bits per heavy atom. The van der Waals surface area contributed by atoms with Crippen LogP contribution in [0.4, 0.5) is 0 Å². The molecule has 0 amide bonds. The summed E-state index contributed by atoms with van der Waals surface area (Å²) in [7, 11) is 0. The minimum absolute atomic E-state index is 0.185. The van der Waals surface area contributed by atoms with Gasteiger partial charge in [0.15, 0.2) is 5.79 Å². The van der Waals surface area contributed by atoms with Gasteiger partial charge in [0.1, 0.15) is 36.6 Å². The van der Waals surface area contributed by atoms with Crippen molar-refractivity contribution in [1.82, 2.24) is 0 Å². The molecule has 2 aliphatic carbocycles. The maximum absolute atomic E-state index is 6.98. The van der Waals surface area contributed by atoms with Gasteiger partial charge in [-0.1, -0.05) is 111 Å². The molecule has 3 aliphatic rings. The van der Waals surface area contributed by atoms with Gasteiger partial charge in [0.05, 0.1) is 0 Å². The number of hydrogen-bond acceptors (Lipinski definition) is 6. The Hall–Kier alpha value is -0.240. The highest BCUT2D eigenvalue weighted by atomic mass is 16.8. The molecule has 6 atom stereocenters. The molecule has 1 aliphatic heterocycles.